The third-order valence-electron chi connectivity index (χ3n) is 3.30. The summed E-state index contributed by atoms with van der Waals surface area (Å²) >= 11 is 0. The number of rotatable bonds is 7. The topological polar surface area (TPSA) is 90.0 Å². The highest BCUT2D eigenvalue weighted by Crippen LogP contribution is 2.44. The summed E-state index contributed by atoms with van der Waals surface area (Å²) in [6.07, 6.45) is 5.89. The molecule has 1 aromatic rings. The Kier molecular flexibility index (Phi) is 3.74. The molecule has 0 saturated heterocycles. The number of nitrogens with two attached hydrogens (primary N) is 1. The van der Waals surface area contributed by atoms with Gasteiger partial charge in [-0.05, 0) is 31.2 Å². The van der Waals surface area contributed by atoms with Gasteiger partial charge in [0, 0.05) is 19.3 Å². The van der Waals surface area contributed by atoms with Gasteiger partial charge >= 0.3 is 0 Å². The van der Waals surface area contributed by atoms with Crippen LogP contribution in [0.4, 0.5) is 0 Å². The molecule has 18 heavy (non-hydrogen) atoms. The van der Waals surface area contributed by atoms with Crippen molar-refractivity contribution in [3.8, 4) is 0 Å². The van der Waals surface area contributed by atoms with E-state index in [0.717, 1.165) is 19.3 Å². The summed E-state index contributed by atoms with van der Waals surface area (Å²) < 4.78 is 28.3. The third kappa shape index (κ3) is 3.30. The Labute approximate surface area is 108 Å². The van der Waals surface area contributed by atoms with Crippen LogP contribution < -0.4 is 10.5 Å². The van der Waals surface area contributed by atoms with Gasteiger partial charge in [-0.3, -0.25) is 4.68 Å². The SMILES string of the molecule is CC1(CNS(=O)(=O)c2cnn(CCCN)c2)CC1. The Balaban J connectivity index is 1.97. The van der Waals surface area contributed by atoms with Gasteiger partial charge in [-0.15, -0.1) is 0 Å². The maximum Gasteiger partial charge on any atom is 0.243 e. The van der Waals surface area contributed by atoms with E-state index in [2.05, 4.69) is 16.7 Å². The fraction of sp³-hybridized carbons (Fsp3) is 0.727. The van der Waals surface area contributed by atoms with E-state index < -0.39 is 10.0 Å². The molecule has 0 aliphatic heterocycles. The molecule has 0 aromatic carbocycles. The molecule has 1 aliphatic rings. The standard InChI is InChI=1S/C11H20N4O2S/c1-11(3-4-11)9-14-18(16,17)10-7-13-15(8-10)6-2-5-12/h7-8,14H,2-6,9,12H2,1H3. The molecule has 0 radical (unpaired) electrons. The summed E-state index contributed by atoms with van der Waals surface area (Å²) in [6.45, 7) is 3.80. The number of nitrogens with zero attached hydrogens (tertiary/aromatic N) is 2. The van der Waals surface area contributed by atoms with Gasteiger partial charge in [-0.25, -0.2) is 13.1 Å². The van der Waals surface area contributed by atoms with Gasteiger partial charge in [-0.1, -0.05) is 6.92 Å². The Morgan fingerprint density at radius 3 is 2.89 bits per heavy atom. The lowest BCUT2D eigenvalue weighted by molar-refractivity contribution is 0.530. The van der Waals surface area contributed by atoms with Crippen LogP contribution in [0.2, 0.25) is 0 Å². The van der Waals surface area contributed by atoms with Gasteiger partial charge in [0.25, 0.3) is 0 Å². The summed E-state index contributed by atoms with van der Waals surface area (Å²) in [5.41, 5.74) is 5.56. The van der Waals surface area contributed by atoms with Gasteiger partial charge in [0.2, 0.25) is 10.0 Å². The normalized spacial score (nSPS) is 17.9. The Morgan fingerprint density at radius 1 is 1.56 bits per heavy atom. The molecule has 1 saturated carbocycles. The molecule has 0 bridgehead atoms. The molecule has 1 aromatic heterocycles. The lowest BCUT2D eigenvalue weighted by Gasteiger charge is -2.09. The largest absolute Gasteiger partial charge is 0.330 e. The minimum absolute atomic E-state index is 0.155. The van der Waals surface area contributed by atoms with E-state index in [4.69, 9.17) is 5.73 Å². The highest BCUT2D eigenvalue weighted by molar-refractivity contribution is 7.89. The van der Waals surface area contributed by atoms with Crippen LogP contribution in [0.1, 0.15) is 26.2 Å². The molecule has 6 nitrogen and oxygen atoms in total. The van der Waals surface area contributed by atoms with Crippen LogP contribution in [0, 0.1) is 5.41 Å². The summed E-state index contributed by atoms with van der Waals surface area (Å²) in [4.78, 5) is 0.226. The number of nitrogens with one attached hydrogen (secondary N) is 1. The highest BCUT2D eigenvalue weighted by Gasteiger charge is 2.38. The zero-order valence-corrected chi connectivity index (χ0v) is 11.4. The average molecular weight is 272 g/mol. The Bertz CT molecular complexity index is 505. The zero-order valence-electron chi connectivity index (χ0n) is 10.6. The van der Waals surface area contributed by atoms with E-state index in [1.165, 1.54) is 6.20 Å². The van der Waals surface area contributed by atoms with Gasteiger partial charge in [0.1, 0.15) is 4.90 Å². The van der Waals surface area contributed by atoms with Crippen molar-refractivity contribution in [3.05, 3.63) is 12.4 Å². The molecule has 1 heterocycles. The van der Waals surface area contributed by atoms with Gasteiger partial charge in [0.05, 0.1) is 6.20 Å². The molecular weight excluding hydrogens is 252 g/mol. The maximum atomic E-state index is 12.0. The Hall–Kier alpha value is -0.920. The molecule has 0 unspecified atom stereocenters. The molecule has 102 valence electrons. The van der Waals surface area contributed by atoms with E-state index in [1.807, 2.05) is 0 Å². The van der Waals surface area contributed by atoms with E-state index in [9.17, 15) is 8.42 Å². The van der Waals surface area contributed by atoms with Crippen molar-refractivity contribution in [2.24, 2.45) is 11.1 Å². The first-order valence-corrected chi connectivity index (χ1v) is 7.66. The smallest absolute Gasteiger partial charge is 0.243 e. The van der Waals surface area contributed by atoms with Crippen LogP contribution in [0.15, 0.2) is 17.3 Å². The van der Waals surface area contributed by atoms with E-state index in [0.29, 0.717) is 19.6 Å². The molecule has 1 fully saturated rings. The second kappa shape index (κ2) is 4.99. The number of hydrogen-bond acceptors (Lipinski definition) is 4. The first-order chi connectivity index (χ1) is 8.45. The van der Waals surface area contributed by atoms with Crippen molar-refractivity contribution < 1.29 is 8.42 Å². The molecule has 1 aliphatic carbocycles. The summed E-state index contributed by atoms with van der Waals surface area (Å²) in [7, 11) is -3.42. The Morgan fingerprint density at radius 2 is 2.28 bits per heavy atom. The molecular formula is C11H20N4O2S. The van der Waals surface area contributed by atoms with Gasteiger partial charge in [0.15, 0.2) is 0 Å². The first kappa shape index (κ1) is 13.5. The molecule has 0 atom stereocenters. The van der Waals surface area contributed by atoms with Crippen molar-refractivity contribution in [3.63, 3.8) is 0 Å². The monoisotopic (exact) mass is 272 g/mol. The lowest BCUT2D eigenvalue weighted by atomic mass is 10.2. The van der Waals surface area contributed by atoms with Crippen molar-refractivity contribution in [1.82, 2.24) is 14.5 Å². The van der Waals surface area contributed by atoms with E-state index in [-0.39, 0.29) is 10.3 Å². The first-order valence-electron chi connectivity index (χ1n) is 6.17. The second-order valence-corrected chi connectivity index (χ2v) is 6.98. The summed E-state index contributed by atoms with van der Waals surface area (Å²) in [6, 6.07) is 0. The highest BCUT2D eigenvalue weighted by atomic mass is 32.2. The fourth-order valence-electron chi connectivity index (χ4n) is 1.60. The molecule has 0 spiro atoms. The second-order valence-electron chi connectivity index (χ2n) is 5.22. The minimum atomic E-state index is -3.42. The minimum Gasteiger partial charge on any atom is -0.330 e. The predicted octanol–water partition coefficient (Wildman–Crippen LogP) is 0.310. The molecule has 7 heteroatoms. The van der Waals surface area contributed by atoms with Crippen LogP contribution in [-0.4, -0.2) is 31.3 Å². The lowest BCUT2D eigenvalue weighted by Crippen LogP contribution is -2.28. The van der Waals surface area contributed by atoms with Crippen molar-refractivity contribution in [2.75, 3.05) is 13.1 Å². The average Bonchev–Trinajstić information content (AvgIpc) is 2.89. The summed E-state index contributed by atoms with van der Waals surface area (Å²) in [5, 5.41) is 4.02. The van der Waals surface area contributed by atoms with Gasteiger partial charge in [-0.2, -0.15) is 5.10 Å². The van der Waals surface area contributed by atoms with Crippen molar-refractivity contribution in [1.29, 1.82) is 0 Å². The van der Waals surface area contributed by atoms with E-state index in [1.54, 1.807) is 10.9 Å². The molecule has 0 amide bonds. The predicted molar refractivity (Wildman–Crippen MR) is 68.4 cm³/mol. The molecule has 3 N–H and O–H groups in total. The fourth-order valence-corrected chi connectivity index (χ4v) is 2.75. The van der Waals surface area contributed by atoms with E-state index >= 15 is 0 Å². The van der Waals surface area contributed by atoms with Crippen LogP contribution in [-0.2, 0) is 16.6 Å². The van der Waals surface area contributed by atoms with Crippen LogP contribution in [0.5, 0.6) is 0 Å². The van der Waals surface area contributed by atoms with Crippen molar-refractivity contribution >= 4 is 10.0 Å². The quantitative estimate of drug-likeness (QED) is 0.747. The maximum absolute atomic E-state index is 12.0. The number of sulfonamides is 1. The van der Waals surface area contributed by atoms with Crippen LogP contribution in [0.25, 0.3) is 0 Å². The molecule has 2 rings (SSSR count). The van der Waals surface area contributed by atoms with Gasteiger partial charge < -0.3 is 5.73 Å². The van der Waals surface area contributed by atoms with Crippen LogP contribution in [0.3, 0.4) is 0 Å². The van der Waals surface area contributed by atoms with Crippen molar-refractivity contribution in [2.45, 2.75) is 37.6 Å². The van der Waals surface area contributed by atoms with Crippen LogP contribution >= 0.6 is 0 Å². The number of aryl methyl sites for hydroxylation is 1. The summed E-state index contributed by atoms with van der Waals surface area (Å²) in [5.74, 6) is 0. The zero-order chi connectivity index (χ0) is 13.2. The number of aromatic nitrogens is 2. The number of hydrogen-bond donors (Lipinski definition) is 2. The third-order valence-corrected chi connectivity index (χ3v) is 4.66.